The summed E-state index contributed by atoms with van der Waals surface area (Å²) in [6.45, 7) is 6.26. The molecule has 0 radical (unpaired) electrons. The van der Waals surface area contributed by atoms with Crippen LogP contribution in [0.3, 0.4) is 0 Å². The van der Waals surface area contributed by atoms with Crippen LogP contribution in [0.1, 0.15) is 20.3 Å². The number of hydrogen-bond donors (Lipinski definition) is 1. The lowest BCUT2D eigenvalue weighted by atomic mass is 9.61. The second-order valence-corrected chi connectivity index (χ2v) is 5.17. The van der Waals surface area contributed by atoms with Gasteiger partial charge in [0.25, 0.3) is 0 Å². The number of carbonyl (C=O) groups excluding carboxylic acids is 1. The van der Waals surface area contributed by atoms with Gasteiger partial charge in [-0.05, 0) is 39.2 Å². The lowest BCUT2D eigenvalue weighted by Gasteiger charge is -2.51. The summed E-state index contributed by atoms with van der Waals surface area (Å²) in [6, 6.07) is 0.279. The molecule has 3 heteroatoms. The number of amides is 1. The molecule has 3 fully saturated rings. The first kappa shape index (κ1) is 9.97. The summed E-state index contributed by atoms with van der Waals surface area (Å²) in [5.74, 6) is 1.85. The highest BCUT2D eigenvalue weighted by atomic mass is 16.2. The van der Waals surface area contributed by atoms with E-state index in [2.05, 4.69) is 17.3 Å². The molecular formula is C11H20N2O. The van der Waals surface area contributed by atoms with Gasteiger partial charge in [-0.1, -0.05) is 0 Å². The number of fused-ring (bicyclic) bond motifs is 2. The lowest BCUT2D eigenvalue weighted by molar-refractivity contribution is -0.141. The molecule has 2 bridgehead atoms. The molecule has 3 rings (SSSR count). The SMILES string of the molecule is CC(C)NC(=O)C1C2CC1CN(C)C2. The summed E-state index contributed by atoms with van der Waals surface area (Å²) >= 11 is 0. The Morgan fingerprint density at radius 3 is 2.43 bits per heavy atom. The summed E-state index contributed by atoms with van der Waals surface area (Å²) in [5, 5.41) is 3.03. The molecule has 0 aromatic rings. The van der Waals surface area contributed by atoms with Crippen LogP contribution in [0.2, 0.25) is 0 Å². The molecule has 1 amide bonds. The summed E-state index contributed by atoms with van der Waals surface area (Å²) in [4.78, 5) is 14.2. The molecule has 1 aliphatic carbocycles. The molecule has 3 nitrogen and oxygen atoms in total. The van der Waals surface area contributed by atoms with Gasteiger partial charge in [0.05, 0.1) is 0 Å². The van der Waals surface area contributed by atoms with Crippen molar-refractivity contribution in [3.05, 3.63) is 0 Å². The molecule has 2 unspecified atom stereocenters. The summed E-state index contributed by atoms with van der Waals surface area (Å²) < 4.78 is 0. The quantitative estimate of drug-likeness (QED) is 0.705. The van der Waals surface area contributed by atoms with Crippen LogP contribution in [-0.2, 0) is 4.79 Å². The van der Waals surface area contributed by atoms with Gasteiger partial charge >= 0.3 is 0 Å². The second kappa shape index (κ2) is 3.54. The molecule has 0 aromatic carbocycles. The van der Waals surface area contributed by atoms with Crippen molar-refractivity contribution in [1.29, 1.82) is 0 Å². The van der Waals surface area contributed by atoms with Gasteiger partial charge < -0.3 is 10.2 Å². The predicted octanol–water partition coefficient (Wildman–Crippen LogP) is 0.709. The van der Waals surface area contributed by atoms with E-state index in [4.69, 9.17) is 0 Å². The number of piperidine rings is 2. The van der Waals surface area contributed by atoms with Crippen molar-refractivity contribution in [2.24, 2.45) is 17.8 Å². The number of carbonyl (C=O) groups is 1. The van der Waals surface area contributed by atoms with Crippen molar-refractivity contribution in [2.75, 3.05) is 20.1 Å². The monoisotopic (exact) mass is 196 g/mol. The third kappa shape index (κ3) is 1.65. The van der Waals surface area contributed by atoms with Crippen LogP contribution < -0.4 is 5.32 Å². The van der Waals surface area contributed by atoms with E-state index in [1.165, 1.54) is 6.42 Å². The minimum atomic E-state index is 0.279. The fourth-order valence-electron chi connectivity index (χ4n) is 2.93. The number of nitrogens with zero attached hydrogens (tertiary/aromatic N) is 1. The fraction of sp³-hybridized carbons (Fsp3) is 0.909. The van der Waals surface area contributed by atoms with Crippen LogP contribution in [0.15, 0.2) is 0 Å². The van der Waals surface area contributed by atoms with Crippen molar-refractivity contribution in [3.63, 3.8) is 0 Å². The highest BCUT2D eigenvalue weighted by Gasteiger charge is 2.49. The molecule has 0 spiro atoms. The molecule has 1 N–H and O–H groups in total. The Balaban J connectivity index is 1.91. The predicted molar refractivity (Wildman–Crippen MR) is 55.9 cm³/mol. The largest absolute Gasteiger partial charge is 0.354 e. The Morgan fingerprint density at radius 1 is 1.36 bits per heavy atom. The first-order valence-corrected chi connectivity index (χ1v) is 5.57. The van der Waals surface area contributed by atoms with Crippen LogP contribution in [-0.4, -0.2) is 37.0 Å². The number of rotatable bonds is 2. The van der Waals surface area contributed by atoms with Crippen LogP contribution in [0.25, 0.3) is 0 Å². The minimum Gasteiger partial charge on any atom is -0.354 e. The highest BCUT2D eigenvalue weighted by molar-refractivity contribution is 5.80. The van der Waals surface area contributed by atoms with E-state index in [0.717, 1.165) is 13.1 Å². The second-order valence-electron chi connectivity index (χ2n) is 5.17. The van der Waals surface area contributed by atoms with Crippen molar-refractivity contribution >= 4 is 5.91 Å². The van der Waals surface area contributed by atoms with Gasteiger partial charge in [0.2, 0.25) is 5.91 Å². The third-order valence-corrected chi connectivity index (χ3v) is 3.45. The fourth-order valence-corrected chi connectivity index (χ4v) is 2.93. The summed E-state index contributed by atoms with van der Waals surface area (Å²) in [6.07, 6.45) is 1.26. The lowest BCUT2D eigenvalue weighted by Crippen LogP contribution is -2.59. The maximum absolute atomic E-state index is 11.8. The van der Waals surface area contributed by atoms with Crippen molar-refractivity contribution in [2.45, 2.75) is 26.3 Å². The molecule has 0 aromatic heterocycles. The molecule has 14 heavy (non-hydrogen) atoms. The van der Waals surface area contributed by atoms with Gasteiger partial charge in [0.1, 0.15) is 0 Å². The molecule has 1 saturated carbocycles. The van der Waals surface area contributed by atoms with Crippen molar-refractivity contribution < 1.29 is 4.79 Å². The van der Waals surface area contributed by atoms with E-state index in [1.54, 1.807) is 0 Å². The zero-order valence-electron chi connectivity index (χ0n) is 9.29. The topological polar surface area (TPSA) is 32.3 Å². The minimum absolute atomic E-state index is 0.279. The van der Waals surface area contributed by atoms with Gasteiger partial charge in [-0.3, -0.25) is 4.79 Å². The van der Waals surface area contributed by atoms with Gasteiger partial charge in [-0.15, -0.1) is 0 Å². The molecule has 2 aliphatic heterocycles. The first-order valence-electron chi connectivity index (χ1n) is 5.57. The first-order chi connectivity index (χ1) is 6.58. The highest BCUT2D eigenvalue weighted by Crippen LogP contribution is 2.45. The Bertz CT molecular complexity index is 227. The summed E-state index contributed by atoms with van der Waals surface area (Å²) in [5.41, 5.74) is 0. The van der Waals surface area contributed by atoms with E-state index in [-0.39, 0.29) is 11.9 Å². The van der Waals surface area contributed by atoms with Crippen LogP contribution in [0.5, 0.6) is 0 Å². The van der Waals surface area contributed by atoms with Crippen LogP contribution in [0, 0.1) is 17.8 Å². The zero-order valence-corrected chi connectivity index (χ0v) is 9.29. The molecule has 2 heterocycles. The van der Waals surface area contributed by atoms with Gasteiger partial charge in [0.15, 0.2) is 0 Å². The van der Waals surface area contributed by atoms with E-state index in [0.29, 0.717) is 17.8 Å². The van der Waals surface area contributed by atoms with E-state index < -0.39 is 0 Å². The Morgan fingerprint density at radius 2 is 1.93 bits per heavy atom. The molecule has 3 aliphatic rings. The maximum atomic E-state index is 11.8. The van der Waals surface area contributed by atoms with Gasteiger partial charge in [0, 0.05) is 25.0 Å². The standard InChI is InChI=1S/C11H20N2O/c1-7(2)12-11(14)10-8-4-9(10)6-13(3)5-8/h7-10H,4-6H2,1-3H3,(H,12,14). The molecular weight excluding hydrogens is 176 g/mol. The van der Waals surface area contributed by atoms with E-state index in [9.17, 15) is 4.79 Å². The van der Waals surface area contributed by atoms with Gasteiger partial charge in [-0.2, -0.15) is 0 Å². The summed E-state index contributed by atoms with van der Waals surface area (Å²) in [7, 11) is 2.15. The van der Waals surface area contributed by atoms with Crippen LogP contribution >= 0.6 is 0 Å². The number of nitrogens with one attached hydrogen (secondary N) is 1. The Hall–Kier alpha value is -0.570. The average molecular weight is 196 g/mol. The third-order valence-electron chi connectivity index (χ3n) is 3.45. The molecule has 2 saturated heterocycles. The molecule has 2 atom stereocenters. The van der Waals surface area contributed by atoms with E-state index in [1.807, 2.05) is 13.8 Å². The number of hydrogen-bond acceptors (Lipinski definition) is 2. The Labute approximate surface area is 85.8 Å². The van der Waals surface area contributed by atoms with Crippen molar-refractivity contribution in [1.82, 2.24) is 10.2 Å². The normalized spacial score (nSPS) is 36.7. The smallest absolute Gasteiger partial charge is 0.223 e. The van der Waals surface area contributed by atoms with Gasteiger partial charge in [-0.25, -0.2) is 0 Å². The Kier molecular flexibility index (Phi) is 2.52. The van der Waals surface area contributed by atoms with Crippen LogP contribution in [0.4, 0.5) is 0 Å². The maximum Gasteiger partial charge on any atom is 0.223 e. The molecule has 80 valence electrons. The average Bonchev–Trinajstić information content (AvgIpc) is 2.00. The van der Waals surface area contributed by atoms with Crippen molar-refractivity contribution in [3.8, 4) is 0 Å². The van der Waals surface area contributed by atoms with E-state index >= 15 is 0 Å². The zero-order chi connectivity index (χ0) is 10.3.